The molecule has 0 bridgehead atoms. The highest BCUT2D eigenvalue weighted by atomic mass is 35.5. The van der Waals surface area contributed by atoms with E-state index in [-0.39, 0.29) is 18.1 Å². The van der Waals surface area contributed by atoms with E-state index in [0.29, 0.717) is 18.1 Å². The third-order valence-electron chi connectivity index (χ3n) is 4.28. The maximum Gasteiger partial charge on any atom is 0.252 e. The summed E-state index contributed by atoms with van der Waals surface area (Å²) in [5.41, 5.74) is 6.74. The van der Waals surface area contributed by atoms with Gasteiger partial charge in [-0.1, -0.05) is 43.5 Å². The summed E-state index contributed by atoms with van der Waals surface area (Å²) in [5, 5.41) is 0.711. The summed E-state index contributed by atoms with van der Waals surface area (Å²) in [4.78, 5) is 14.7. The zero-order valence-electron chi connectivity index (χ0n) is 13.8. The van der Waals surface area contributed by atoms with Gasteiger partial charge >= 0.3 is 0 Å². The minimum absolute atomic E-state index is 0.0250. The van der Waals surface area contributed by atoms with Crippen molar-refractivity contribution < 1.29 is 9.53 Å². The molecule has 0 aromatic heterocycles. The van der Waals surface area contributed by atoms with E-state index in [0.717, 1.165) is 44.2 Å². The van der Waals surface area contributed by atoms with Crippen LogP contribution in [0.4, 0.5) is 0 Å². The lowest BCUT2D eigenvalue weighted by molar-refractivity contribution is -0.143. The molecule has 1 aromatic rings. The lowest BCUT2D eigenvalue weighted by atomic mass is 10.1. The standard InChI is InChI=1S/C18H27ClN2O2/c1-2-3-4-11-21(13-14-5-7-15(19)8-6-14)18(22)17-10-9-16(12-20)23-17/h5-8,16-17H,2-4,9-13,20H2,1H3/t16-,17+/m1/s1. The second kappa shape index (κ2) is 9.26. The zero-order chi connectivity index (χ0) is 16.7. The molecule has 1 aliphatic heterocycles. The monoisotopic (exact) mass is 338 g/mol. The molecular weight excluding hydrogens is 312 g/mol. The third-order valence-corrected chi connectivity index (χ3v) is 4.53. The van der Waals surface area contributed by atoms with Crippen molar-refractivity contribution in [1.29, 1.82) is 0 Å². The van der Waals surface area contributed by atoms with Crippen LogP contribution in [-0.2, 0) is 16.1 Å². The molecular formula is C18H27ClN2O2. The number of hydrogen-bond acceptors (Lipinski definition) is 3. The minimum Gasteiger partial charge on any atom is -0.364 e. The van der Waals surface area contributed by atoms with Crippen LogP contribution >= 0.6 is 11.6 Å². The molecule has 0 radical (unpaired) electrons. The molecule has 23 heavy (non-hydrogen) atoms. The van der Waals surface area contributed by atoms with Gasteiger partial charge in [0.25, 0.3) is 5.91 Å². The molecule has 1 amide bonds. The fourth-order valence-electron chi connectivity index (χ4n) is 2.89. The molecule has 4 nitrogen and oxygen atoms in total. The number of rotatable bonds is 8. The molecule has 0 saturated carbocycles. The number of hydrogen-bond donors (Lipinski definition) is 1. The molecule has 1 aromatic carbocycles. The van der Waals surface area contributed by atoms with Crippen LogP contribution in [0.2, 0.25) is 5.02 Å². The molecule has 0 aliphatic carbocycles. The lowest BCUT2D eigenvalue weighted by Gasteiger charge is -2.26. The topological polar surface area (TPSA) is 55.6 Å². The summed E-state index contributed by atoms with van der Waals surface area (Å²) >= 11 is 5.94. The molecule has 128 valence electrons. The number of unbranched alkanes of at least 4 members (excludes halogenated alkanes) is 2. The number of amides is 1. The highest BCUT2D eigenvalue weighted by Crippen LogP contribution is 2.22. The number of carbonyl (C=O) groups excluding carboxylic acids is 1. The van der Waals surface area contributed by atoms with Gasteiger partial charge in [0.15, 0.2) is 0 Å². The zero-order valence-corrected chi connectivity index (χ0v) is 14.6. The molecule has 2 N–H and O–H groups in total. The second-order valence-corrected chi connectivity index (χ2v) is 6.59. The second-order valence-electron chi connectivity index (χ2n) is 6.15. The van der Waals surface area contributed by atoms with E-state index in [1.54, 1.807) is 0 Å². The van der Waals surface area contributed by atoms with Gasteiger partial charge in [-0.15, -0.1) is 0 Å². The smallest absolute Gasteiger partial charge is 0.252 e. The predicted octanol–water partition coefficient (Wildman–Crippen LogP) is 3.37. The van der Waals surface area contributed by atoms with E-state index in [2.05, 4.69) is 6.92 Å². The summed E-state index contributed by atoms with van der Waals surface area (Å²) in [5.74, 6) is 0.0898. The van der Waals surface area contributed by atoms with Gasteiger partial charge in [-0.25, -0.2) is 0 Å². The van der Waals surface area contributed by atoms with Crippen LogP contribution in [0.25, 0.3) is 0 Å². The van der Waals surface area contributed by atoms with Crippen LogP contribution in [0, 0.1) is 0 Å². The maximum absolute atomic E-state index is 12.8. The van der Waals surface area contributed by atoms with Crippen LogP contribution in [0.15, 0.2) is 24.3 Å². The number of benzene rings is 1. The van der Waals surface area contributed by atoms with Gasteiger partial charge < -0.3 is 15.4 Å². The van der Waals surface area contributed by atoms with E-state index in [1.165, 1.54) is 0 Å². The first-order valence-corrected chi connectivity index (χ1v) is 8.90. The van der Waals surface area contributed by atoms with Gasteiger partial charge in [0, 0.05) is 24.7 Å². The van der Waals surface area contributed by atoms with E-state index in [9.17, 15) is 4.79 Å². The third kappa shape index (κ3) is 5.48. The summed E-state index contributed by atoms with van der Waals surface area (Å²) < 4.78 is 5.78. The van der Waals surface area contributed by atoms with Crippen molar-refractivity contribution in [3.05, 3.63) is 34.9 Å². The fourth-order valence-corrected chi connectivity index (χ4v) is 3.02. The Labute approximate surface area is 143 Å². The predicted molar refractivity (Wildman–Crippen MR) is 93.3 cm³/mol. The Morgan fingerprint density at radius 3 is 2.65 bits per heavy atom. The molecule has 5 heteroatoms. The van der Waals surface area contributed by atoms with E-state index >= 15 is 0 Å². The Kier molecular flexibility index (Phi) is 7.34. The van der Waals surface area contributed by atoms with Gasteiger partial charge in [0.05, 0.1) is 6.10 Å². The molecule has 2 atom stereocenters. The Balaban J connectivity index is 2.00. The molecule has 1 fully saturated rings. The van der Waals surface area contributed by atoms with Crippen LogP contribution in [0.1, 0.15) is 44.6 Å². The molecule has 0 unspecified atom stereocenters. The Morgan fingerprint density at radius 2 is 2.04 bits per heavy atom. The number of nitrogens with two attached hydrogens (primary N) is 1. The van der Waals surface area contributed by atoms with Crippen molar-refractivity contribution in [1.82, 2.24) is 4.90 Å². The minimum atomic E-state index is -0.336. The fraction of sp³-hybridized carbons (Fsp3) is 0.611. The Bertz CT molecular complexity index is 492. The normalized spacial score (nSPS) is 20.7. The van der Waals surface area contributed by atoms with Gasteiger partial charge in [0.1, 0.15) is 6.10 Å². The van der Waals surface area contributed by atoms with Gasteiger partial charge in [0.2, 0.25) is 0 Å². The van der Waals surface area contributed by atoms with Crippen molar-refractivity contribution in [2.24, 2.45) is 5.73 Å². The Morgan fingerprint density at radius 1 is 1.30 bits per heavy atom. The van der Waals surface area contributed by atoms with Gasteiger partial charge in [-0.2, -0.15) is 0 Å². The highest BCUT2D eigenvalue weighted by Gasteiger charge is 2.32. The van der Waals surface area contributed by atoms with E-state index < -0.39 is 0 Å². The summed E-state index contributed by atoms with van der Waals surface area (Å²) in [6, 6.07) is 7.67. The molecule has 0 spiro atoms. The van der Waals surface area contributed by atoms with Gasteiger partial charge in [-0.05, 0) is 37.0 Å². The molecule has 2 rings (SSSR count). The lowest BCUT2D eigenvalue weighted by Crippen LogP contribution is -2.39. The Hall–Kier alpha value is -1.10. The van der Waals surface area contributed by atoms with Crippen molar-refractivity contribution >= 4 is 17.5 Å². The van der Waals surface area contributed by atoms with E-state index in [1.807, 2.05) is 29.2 Å². The quantitative estimate of drug-likeness (QED) is 0.739. The van der Waals surface area contributed by atoms with E-state index in [4.69, 9.17) is 22.1 Å². The first kappa shape index (κ1) is 18.2. The molecule has 1 aliphatic rings. The van der Waals surface area contributed by atoms with Crippen molar-refractivity contribution in [2.45, 2.75) is 57.8 Å². The molecule has 1 heterocycles. The summed E-state index contributed by atoms with van der Waals surface area (Å²) in [6.07, 6.45) is 4.61. The number of halogens is 1. The van der Waals surface area contributed by atoms with Crippen LogP contribution in [-0.4, -0.2) is 36.1 Å². The largest absolute Gasteiger partial charge is 0.364 e. The van der Waals surface area contributed by atoms with Crippen LogP contribution in [0.5, 0.6) is 0 Å². The first-order chi connectivity index (χ1) is 11.1. The number of ether oxygens (including phenoxy) is 1. The number of nitrogens with zero attached hydrogens (tertiary/aromatic N) is 1. The summed E-state index contributed by atoms with van der Waals surface area (Å²) in [7, 11) is 0. The van der Waals surface area contributed by atoms with Crippen molar-refractivity contribution in [2.75, 3.05) is 13.1 Å². The SMILES string of the molecule is CCCCCN(Cc1ccc(Cl)cc1)C(=O)[C@@H]1CC[C@H](CN)O1. The maximum atomic E-state index is 12.8. The van der Waals surface area contributed by atoms with Crippen molar-refractivity contribution in [3.8, 4) is 0 Å². The average Bonchev–Trinajstić information content (AvgIpc) is 3.04. The summed E-state index contributed by atoms with van der Waals surface area (Å²) in [6.45, 7) is 4.02. The van der Waals surface area contributed by atoms with Crippen LogP contribution in [0.3, 0.4) is 0 Å². The molecule has 1 saturated heterocycles. The van der Waals surface area contributed by atoms with Crippen molar-refractivity contribution in [3.63, 3.8) is 0 Å². The first-order valence-electron chi connectivity index (χ1n) is 8.52. The number of carbonyl (C=O) groups is 1. The van der Waals surface area contributed by atoms with Crippen LogP contribution < -0.4 is 5.73 Å². The average molecular weight is 339 g/mol. The van der Waals surface area contributed by atoms with Gasteiger partial charge in [-0.3, -0.25) is 4.79 Å². The highest BCUT2D eigenvalue weighted by molar-refractivity contribution is 6.30.